The van der Waals surface area contributed by atoms with E-state index in [4.69, 9.17) is 42.6 Å². The average Bonchev–Trinajstić information content (AvgIpc) is 3.47. The van der Waals surface area contributed by atoms with Crippen molar-refractivity contribution in [3.8, 4) is 0 Å². The van der Waals surface area contributed by atoms with Crippen LogP contribution in [0, 0.1) is 0 Å². The second-order valence-corrected chi connectivity index (χ2v) is 12.9. The summed E-state index contributed by atoms with van der Waals surface area (Å²) in [4.78, 5) is 74.5. The van der Waals surface area contributed by atoms with Crippen molar-refractivity contribution < 1.29 is 76.1 Å². The van der Waals surface area contributed by atoms with Gasteiger partial charge in [0.25, 0.3) is 11.8 Å². The molecule has 0 aliphatic carbocycles. The van der Waals surface area contributed by atoms with Crippen LogP contribution in [0.1, 0.15) is 65.7 Å². The molecule has 0 radical (unpaired) electrons. The van der Waals surface area contributed by atoms with Gasteiger partial charge in [-0.3, -0.25) is 39.0 Å². The zero-order valence-electron chi connectivity index (χ0n) is 33.5. The van der Waals surface area contributed by atoms with Crippen molar-refractivity contribution in [2.45, 2.75) is 51.0 Å². The van der Waals surface area contributed by atoms with Gasteiger partial charge in [-0.1, -0.05) is 12.5 Å². The Labute approximate surface area is 338 Å². The van der Waals surface area contributed by atoms with Gasteiger partial charge in [-0.25, -0.2) is 0 Å². The van der Waals surface area contributed by atoms with E-state index < -0.39 is 29.7 Å². The third-order valence-corrected chi connectivity index (χ3v) is 8.59. The Morgan fingerprint density at radius 1 is 0.621 bits per heavy atom. The Morgan fingerprint density at radius 3 is 1.59 bits per heavy atom. The second kappa shape index (κ2) is 30.2. The zero-order chi connectivity index (χ0) is 41.6. The monoisotopic (exact) mass is 825 g/mol. The van der Waals surface area contributed by atoms with Crippen molar-refractivity contribution in [3.05, 3.63) is 29.3 Å². The molecule has 2 aliphatic rings. The van der Waals surface area contributed by atoms with Crippen molar-refractivity contribution in [1.29, 1.82) is 0 Å². The maximum Gasteiger partial charge on any atom is 0.307 e. The highest BCUT2D eigenvalue weighted by Gasteiger charge is 2.45. The SMILES string of the molecule is COC(=O)CCOCCOCCOCCOCCOCCOCCOCCOCCOCCCCCC(=O)Nc1cccc2c1C(=O)N(C1CCC(=O)NC1=O)C2=O. The number of methoxy groups -OCH3 is 1. The molecular formula is C39H59N3O16. The summed E-state index contributed by atoms with van der Waals surface area (Å²) in [7, 11) is 1.34. The molecule has 2 N–H and O–H groups in total. The van der Waals surface area contributed by atoms with Crippen molar-refractivity contribution in [3.63, 3.8) is 0 Å². The van der Waals surface area contributed by atoms with Gasteiger partial charge in [0.1, 0.15) is 6.04 Å². The Morgan fingerprint density at radius 2 is 1.10 bits per heavy atom. The first-order chi connectivity index (χ1) is 28.3. The highest BCUT2D eigenvalue weighted by atomic mass is 16.6. The minimum atomic E-state index is -1.08. The summed E-state index contributed by atoms with van der Waals surface area (Å²) in [5, 5.41) is 4.90. The van der Waals surface area contributed by atoms with Crippen LogP contribution in [0.3, 0.4) is 0 Å². The normalized spacial score (nSPS) is 15.2. The fraction of sp³-hybridized carbons (Fsp3) is 0.692. The lowest BCUT2D eigenvalue weighted by Crippen LogP contribution is -2.54. The molecule has 0 saturated carbocycles. The van der Waals surface area contributed by atoms with E-state index in [1.165, 1.54) is 13.2 Å². The zero-order valence-corrected chi connectivity index (χ0v) is 33.5. The maximum atomic E-state index is 13.2. The number of imide groups is 2. The number of unbranched alkanes of at least 4 members (excludes halogenated alkanes) is 2. The number of fused-ring (bicyclic) bond motifs is 1. The molecule has 3 rings (SSSR count). The second-order valence-electron chi connectivity index (χ2n) is 12.9. The number of nitrogens with zero attached hydrogens (tertiary/aromatic N) is 1. The quantitative estimate of drug-likeness (QED) is 0.0559. The number of anilines is 1. The summed E-state index contributed by atoms with van der Waals surface area (Å²) in [6, 6.07) is 3.52. The van der Waals surface area contributed by atoms with E-state index in [1.54, 1.807) is 12.1 Å². The predicted octanol–water partition coefficient (Wildman–Crippen LogP) is 1.30. The Bertz CT molecular complexity index is 1410. The van der Waals surface area contributed by atoms with Crippen LogP contribution in [0.25, 0.3) is 0 Å². The number of hydrogen-bond acceptors (Lipinski definition) is 16. The molecule has 1 fully saturated rings. The molecule has 19 nitrogen and oxygen atoms in total. The summed E-state index contributed by atoms with van der Waals surface area (Å²) in [6.07, 6.45) is 2.66. The molecule has 1 unspecified atom stereocenters. The molecule has 2 aliphatic heterocycles. The number of nitrogens with one attached hydrogen (secondary N) is 2. The molecule has 5 amide bonds. The molecule has 19 heteroatoms. The lowest BCUT2D eigenvalue weighted by molar-refractivity contribution is -0.142. The van der Waals surface area contributed by atoms with Gasteiger partial charge < -0.3 is 52.7 Å². The van der Waals surface area contributed by atoms with E-state index >= 15 is 0 Å². The molecule has 0 bridgehead atoms. The summed E-state index contributed by atoms with van der Waals surface area (Å²) in [6.45, 7) is 8.03. The largest absolute Gasteiger partial charge is 0.469 e. The minimum absolute atomic E-state index is 0.0258. The van der Waals surface area contributed by atoms with E-state index in [2.05, 4.69) is 15.4 Å². The van der Waals surface area contributed by atoms with Crippen LogP contribution in [-0.2, 0) is 66.5 Å². The third kappa shape index (κ3) is 19.2. The molecule has 326 valence electrons. The summed E-state index contributed by atoms with van der Waals surface area (Å²) in [5.74, 6) is -3.03. The minimum Gasteiger partial charge on any atom is -0.469 e. The van der Waals surface area contributed by atoms with Crippen LogP contribution in [0.4, 0.5) is 5.69 Å². The Hall–Kier alpha value is -3.92. The van der Waals surface area contributed by atoms with Gasteiger partial charge in [0.05, 0.1) is 143 Å². The van der Waals surface area contributed by atoms with Gasteiger partial charge in [0.15, 0.2) is 0 Å². The van der Waals surface area contributed by atoms with Gasteiger partial charge in [-0.15, -0.1) is 0 Å². The van der Waals surface area contributed by atoms with Crippen LogP contribution >= 0.6 is 0 Å². The number of rotatable bonds is 35. The lowest BCUT2D eigenvalue weighted by Gasteiger charge is -2.27. The standard InChI is InChI=1S/C39H59N3O16/c1-49-35(45)11-13-51-15-17-53-19-21-55-23-25-57-27-29-58-28-26-56-24-22-54-20-18-52-16-14-50-12-4-2-3-8-33(43)40-31-7-5-6-30-36(31)39(48)42(38(30)47)32-9-10-34(44)41-37(32)46/h5-7,32H,2-4,8-29H2,1H3,(H,40,43)(H,41,44,46). The Balaban J connectivity index is 1.02. The highest BCUT2D eigenvalue weighted by molar-refractivity contribution is 6.26. The molecule has 1 aromatic rings. The number of benzene rings is 1. The van der Waals surface area contributed by atoms with Crippen molar-refractivity contribution >= 4 is 41.2 Å². The van der Waals surface area contributed by atoms with Crippen molar-refractivity contribution in [2.24, 2.45) is 0 Å². The lowest BCUT2D eigenvalue weighted by atomic mass is 10.0. The van der Waals surface area contributed by atoms with Gasteiger partial charge >= 0.3 is 5.97 Å². The third-order valence-electron chi connectivity index (χ3n) is 8.59. The summed E-state index contributed by atoms with van der Waals surface area (Å²) < 4.78 is 53.6. The van der Waals surface area contributed by atoms with E-state index in [1.807, 2.05) is 0 Å². The van der Waals surface area contributed by atoms with Gasteiger partial charge in [0, 0.05) is 19.4 Å². The summed E-state index contributed by atoms with van der Waals surface area (Å²) in [5.41, 5.74) is 0.373. The fourth-order valence-corrected chi connectivity index (χ4v) is 5.62. The van der Waals surface area contributed by atoms with Crippen LogP contribution in [-0.4, -0.2) is 172 Å². The molecule has 0 aromatic heterocycles. The fourth-order valence-electron chi connectivity index (χ4n) is 5.62. The van der Waals surface area contributed by atoms with E-state index in [0.717, 1.165) is 17.7 Å². The van der Waals surface area contributed by atoms with Crippen molar-refractivity contribution in [1.82, 2.24) is 10.2 Å². The first-order valence-corrected chi connectivity index (χ1v) is 19.7. The van der Waals surface area contributed by atoms with E-state index in [-0.39, 0.29) is 54.4 Å². The van der Waals surface area contributed by atoms with Crippen LogP contribution in [0.15, 0.2) is 18.2 Å². The number of esters is 1. The maximum absolute atomic E-state index is 13.2. The molecule has 1 saturated heterocycles. The first-order valence-electron chi connectivity index (χ1n) is 19.7. The average molecular weight is 826 g/mol. The van der Waals surface area contributed by atoms with Crippen LogP contribution in [0.2, 0.25) is 0 Å². The first kappa shape index (κ1) is 48.4. The van der Waals surface area contributed by atoms with Gasteiger partial charge in [0.2, 0.25) is 17.7 Å². The smallest absolute Gasteiger partial charge is 0.307 e. The molecule has 2 heterocycles. The molecular weight excluding hydrogens is 766 g/mol. The van der Waals surface area contributed by atoms with Crippen molar-refractivity contribution in [2.75, 3.05) is 131 Å². The number of carbonyl (C=O) groups is 6. The molecule has 1 aromatic carbocycles. The van der Waals surface area contributed by atoms with E-state index in [0.29, 0.717) is 125 Å². The molecule has 1 atom stereocenters. The van der Waals surface area contributed by atoms with Crippen LogP contribution in [0.5, 0.6) is 0 Å². The Kier molecular flexibility index (Phi) is 25.2. The van der Waals surface area contributed by atoms with E-state index in [9.17, 15) is 28.8 Å². The number of carbonyl (C=O) groups excluding carboxylic acids is 6. The van der Waals surface area contributed by atoms with Gasteiger partial charge in [-0.2, -0.15) is 0 Å². The predicted molar refractivity (Wildman–Crippen MR) is 204 cm³/mol. The van der Waals surface area contributed by atoms with Gasteiger partial charge in [-0.05, 0) is 31.4 Å². The number of amides is 5. The van der Waals surface area contributed by atoms with Crippen LogP contribution < -0.4 is 10.6 Å². The topological polar surface area (TPSA) is 222 Å². The summed E-state index contributed by atoms with van der Waals surface area (Å²) >= 11 is 0. The molecule has 58 heavy (non-hydrogen) atoms. The highest BCUT2D eigenvalue weighted by Crippen LogP contribution is 2.32. The number of piperidine rings is 1. The number of hydrogen-bond donors (Lipinski definition) is 2. The molecule has 0 spiro atoms. The number of ether oxygens (including phenoxy) is 10.